The van der Waals surface area contributed by atoms with Crippen LogP contribution >= 0.6 is 0 Å². The maximum atomic E-state index is 12.1. The van der Waals surface area contributed by atoms with Gasteiger partial charge in [0, 0.05) is 5.92 Å². The number of ether oxygens (including phenoxy) is 1. The third-order valence-electron chi connectivity index (χ3n) is 8.66. The largest absolute Gasteiger partial charge is 0.457 e. The molecule has 0 radical (unpaired) electrons. The summed E-state index contributed by atoms with van der Waals surface area (Å²) in [5.41, 5.74) is 2.14. The van der Waals surface area contributed by atoms with Crippen LogP contribution in [-0.2, 0) is 9.53 Å². The number of hydrogen-bond donors (Lipinski definition) is 1. The number of allylic oxidation sites excluding steroid dienone is 1. The van der Waals surface area contributed by atoms with Crippen molar-refractivity contribution in [2.24, 2.45) is 40.4 Å². The van der Waals surface area contributed by atoms with Crippen LogP contribution in [0.25, 0.3) is 0 Å². The number of aliphatic hydroxyl groups excluding tert-OH is 1. The first kappa shape index (κ1) is 14.5. The van der Waals surface area contributed by atoms with Gasteiger partial charge in [-0.2, -0.15) is 0 Å². The van der Waals surface area contributed by atoms with Crippen LogP contribution in [0, 0.1) is 40.4 Å². The Morgan fingerprint density at radius 2 is 2.09 bits per heavy atom. The van der Waals surface area contributed by atoms with Crippen LogP contribution < -0.4 is 0 Å². The fourth-order valence-electron chi connectivity index (χ4n) is 7.15. The van der Waals surface area contributed by atoms with Crippen molar-refractivity contribution in [1.82, 2.24) is 0 Å². The Morgan fingerprint density at radius 3 is 2.87 bits per heavy atom. The molecule has 0 unspecified atom stereocenters. The van der Waals surface area contributed by atoms with Gasteiger partial charge in [0.15, 0.2) is 0 Å². The standard InChI is InChI=1S/C20H28O3/c1-10-16-14(21)8-13-12(17(16)23-18(10)22)4-5-15-19(13,2)7-6-11-9-20(11,15)3/h4,10-11,13-17,21H,5-9H2,1-3H3/t10-,11-,13-,14-,15+,16-,17+,19+,20+/m1/s1. The van der Waals surface area contributed by atoms with Gasteiger partial charge in [0.25, 0.3) is 0 Å². The molecule has 1 heterocycles. The van der Waals surface area contributed by atoms with E-state index in [1.54, 1.807) is 0 Å². The van der Waals surface area contributed by atoms with E-state index in [9.17, 15) is 9.90 Å². The van der Waals surface area contributed by atoms with Gasteiger partial charge in [-0.3, -0.25) is 4.79 Å². The van der Waals surface area contributed by atoms with Crippen LogP contribution in [0.5, 0.6) is 0 Å². The van der Waals surface area contributed by atoms with Gasteiger partial charge in [0.1, 0.15) is 6.10 Å². The Balaban J connectivity index is 1.56. The van der Waals surface area contributed by atoms with E-state index in [2.05, 4.69) is 19.9 Å². The Kier molecular flexibility index (Phi) is 2.66. The van der Waals surface area contributed by atoms with Crippen LogP contribution in [0.4, 0.5) is 0 Å². The molecule has 126 valence electrons. The van der Waals surface area contributed by atoms with Crippen LogP contribution in [0.2, 0.25) is 0 Å². The van der Waals surface area contributed by atoms with E-state index in [0.717, 1.165) is 24.7 Å². The zero-order valence-electron chi connectivity index (χ0n) is 14.4. The zero-order valence-corrected chi connectivity index (χ0v) is 14.4. The van der Waals surface area contributed by atoms with Crippen molar-refractivity contribution >= 4 is 5.97 Å². The van der Waals surface area contributed by atoms with Gasteiger partial charge in [-0.05, 0) is 66.3 Å². The zero-order chi connectivity index (χ0) is 16.1. The van der Waals surface area contributed by atoms with E-state index in [4.69, 9.17) is 4.74 Å². The molecule has 0 spiro atoms. The number of rotatable bonds is 0. The van der Waals surface area contributed by atoms with Gasteiger partial charge in [0.2, 0.25) is 0 Å². The van der Waals surface area contributed by atoms with Crippen molar-refractivity contribution in [2.75, 3.05) is 0 Å². The summed E-state index contributed by atoms with van der Waals surface area (Å²) in [5, 5.41) is 10.8. The van der Waals surface area contributed by atoms with Crippen molar-refractivity contribution in [3.8, 4) is 0 Å². The average Bonchev–Trinajstić information content (AvgIpc) is 3.09. The number of hydrogen-bond acceptors (Lipinski definition) is 3. The quantitative estimate of drug-likeness (QED) is 0.551. The molecular weight excluding hydrogens is 288 g/mol. The lowest BCUT2D eigenvalue weighted by Gasteiger charge is -2.56. The predicted octanol–water partition coefficient (Wildman–Crippen LogP) is 3.32. The van der Waals surface area contributed by atoms with Gasteiger partial charge >= 0.3 is 5.97 Å². The third kappa shape index (κ3) is 1.63. The Hall–Kier alpha value is -0.830. The third-order valence-corrected chi connectivity index (χ3v) is 8.66. The van der Waals surface area contributed by atoms with Gasteiger partial charge < -0.3 is 9.84 Å². The summed E-state index contributed by atoms with van der Waals surface area (Å²) in [6, 6.07) is 0. The lowest BCUT2D eigenvalue weighted by molar-refractivity contribution is -0.143. The lowest BCUT2D eigenvalue weighted by Crippen LogP contribution is -2.53. The van der Waals surface area contributed by atoms with E-state index < -0.39 is 6.10 Å². The van der Waals surface area contributed by atoms with Gasteiger partial charge in [-0.1, -0.05) is 26.8 Å². The second-order valence-corrected chi connectivity index (χ2v) is 9.52. The molecule has 4 aliphatic carbocycles. The van der Waals surface area contributed by atoms with E-state index in [1.165, 1.54) is 24.8 Å². The molecule has 1 saturated heterocycles. The Morgan fingerprint density at radius 1 is 1.30 bits per heavy atom. The summed E-state index contributed by atoms with van der Waals surface area (Å²) in [6.45, 7) is 6.86. The molecule has 0 aromatic carbocycles. The molecule has 4 fully saturated rings. The molecule has 0 aromatic rings. The highest BCUT2D eigenvalue weighted by Gasteiger charge is 2.67. The lowest BCUT2D eigenvalue weighted by atomic mass is 9.49. The molecule has 5 rings (SSSR count). The topological polar surface area (TPSA) is 46.5 Å². The second-order valence-electron chi connectivity index (χ2n) is 9.52. The molecule has 0 bridgehead atoms. The van der Waals surface area contributed by atoms with E-state index >= 15 is 0 Å². The number of aliphatic hydroxyl groups is 1. The van der Waals surface area contributed by atoms with Gasteiger partial charge in [-0.15, -0.1) is 0 Å². The molecule has 3 heteroatoms. The van der Waals surface area contributed by atoms with Gasteiger partial charge in [-0.25, -0.2) is 0 Å². The average molecular weight is 316 g/mol. The summed E-state index contributed by atoms with van der Waals surface area (Å²) >= 11 is 0. The Labute approximate surface area is 138 Å². The summed E-state index contributed by atoms with van der Waals surface area (Å²) in [6.07, 6.45) is 7.81. The number of carbonyl (C=O) groups is 1. The van der Waals surface area contributed by atoms with Crippen LogP contribution in [0.15, 0.2) is 11.6 Å². The summed E-state index contributed by atoms with van der Waals surface area (Å²) < 4.78 is 5.74. The monoisotopic (exact) mass is 316 g/mol. The summed E-state index contributed by atoms with van der Waals surface area (Å²) in [5.74, 6) is 1.75. The number of esters is 1. The SMILES string of the molecule is C[C@H]1C(=O)O[C@H]2C3=CC[C@@H]4[C@@]5(C)C[C@H]5CC[C@@]4(C)[C@@H]3C[C@@H](O)[C@@H]12. The van der Waals surface area contributed by atoms with Crippen LogP contribution in [-0.4, -0.2) is 23.3 Å². The van der Waals surface area contributed by atoms with E-state index in [1.807, 2.05) is 6.92 Å². The smallest absolute Gasteiger partial charge is 0.309 e. The second kappa shape index (κ2) is 4.22. The number of carbonyl (C=O) groups excluding carboxylic acids is 1. The van der Waals surface area contributed by atoms with Crippen molar-refractivity contribution in [3.05, 3.63) is 11.6 Å². The minimum atomic E-state index is -0.399. The van der Waals surface area contributed by atoms with Crippen LogP contribution in [0.1, 0.15) is 52.9 Å². The molecule has 3 nitrogen and oxygen atoms in total. The van der Waals surface area contributed by atoms with E-state index in [-0.39, 0.29) is 29.3 Å². The minimum Gasteiger partial charge on any atom is -0.457 e. The van der Waals surface area contributed by atoms with Gasteiger partial charge in [0.05, 0.1) is 12.0 Å². The van der Waals surface area contributed by atoms with Crippen molar-refractivity contribution in [3.63, 3.8) is 0 Å². The highest BCUT2D eigenvalue weighted by molar-refractivity contribution is 5.76. The maximum absolute atomic E-state index is 12.1. The number of fused-ring (bicyclic) bond motifs is 7. The fraction of sp³-hybridized carbons (Fsp3) is 0.850. The van der Waals surface area contributed by atoms with Crippen molar-refractivity contribution in [1.29, 1.82) is 0 Å². The maximum Gasteiger partial charge on any atom is 0.309 e. The molecule has 1 aliphatic heterocycles. The minimum absolute atomic E-state index is 0.0296. The molecule has 9 atom stereocenters. The molecule has 0 amide bonds. The molecule has 0 aromatic heterocycles. The highest BCUT2D eigenvalue weighted by Crippen LogP contribution is 2.73. The van der Waals surface area contributed by atoms with Crippen molar-refractivity contribution < 1.29 is 14.6 Å². The molecule has 3 saturated carbocycles. The van der Waals surface area contributed by atoms with Crippen LogP contribution in [0.3, 0.4) is 0 Å². The molecule has 1 N–H and O–H groups in total. The molecule has 23 heavy (non-hydrogen) atoms. The first-order chi connectivity index (χ1) is 10.9. The predicted molar refractivity (Wildman–Crippen MR) is 86.4 cm³/mol. The normalized spacial score (nSPS) is 59.9. The molecular formula is C20H28O3. The first-order valence-electron chi connectivity index (χ1n) is 9.45. The summed E-state index contributed by atoms with van der Waals surface area (Å²) in [4.78, 5) is 12.1. The summed E-state index contributed by atoms with van der Waals surface area (Å²) in [7, 11) is 0. The fourth-order valence-corrected chi connectivity index (χ4v) is 7.15. The Bertz CT molecular complexity index is 610. The molecule has 5 aliphatic rings. The van der Waals surface area contributed by atoms with Crippen molar-refractivity contribution in [2.45, 2.75) is 65.1 Å². The highest BCUT2D eigenvalue weighted by atomic mass is 16.6. The first-order valence-corrected chi connectivity index (χ1v) is 9.45. The van der Waals surface area contributed by atoms with E-state index in [0.29, 0.717) is 11.3 Å².